The minimum absolute atomic E-state index is 0.666. The standard InChI is InChI=1S/C15H19ClN2/c1-10-12-4-3-5-13(16)15(12)18(2)14(10)11-6-8-17-9-7-11/h3-5,11,17H,6-9H2,1-2H3. The highest BCUT2D eigenvalue weighted by Crippen LogP contribution is 2.36. The molecule has 0 radical (unpaired) electrons. The average Bonchev–Trinajstić information content (AvgIpc) is 2.64. The van der Waals surface area contributed by atoms with E-state index < -0.39 is 0 Å². The zero-order valence-electron chi connectivity index (χ0n) is 11.0. The van der Waals surface area contributed by atoms with Crippen molar-refractivity contribution in [1.29, 1.82) is 0 Å². The Kier molecular flexibility index (Phi) is 3.08. The van der Waals surface area contributed by atoms with Gasteiger partial charge in [0.1, 0.15) is 0 Å². The van der Waals surface area contributed by atoms with Crippen molar-refractivity contribution in [2.24, 2.45) is 7.05 Å². The third kappa shape index (κ3) is 1.75. The molecule has 1 aromatic heterocycles. The Morgan fingerprint density at radius 1 is 1.28 bits per heavy atom. The van der Waals surface area contributed by atoms with Gasteiger partial charge in [0.2, 0.25) is 0 Å². The summed E-state index contributed by atoms with van der Waals surface area (Å²) < 4.78 is 2.31. The number of benzene rings is 1. The van der Waals surface area contributed by atoms with E-state index in [1.165, 1.54) is 35.0 Å². The minimum atomic E-state index is 0.666. The molecule has 1 N–H and O–H groups in total. The van der Waals surface area contributed by atoms with Crippen molar-refractivity contribution in [1.82, 2.24) is 9.88 Å². The highest BCUT2D eigenvalue weighted by Gasteiger charge is 2.23. The van der Waals surface area contributed by atoms with E-state index in [0.29, 0.717) is 5.92 Å². The van der Waals surface area contributed by atoms with Crippen LogP contribution in [0.1, 0.15) is 30.0 Å². The number of hydrogen-bond donors (Lipinski definition) is 1. The van der Waals surface area contributed by atoms with Gasteiger partial charge in [0, 0.05) is 24.0 Å². The fraction of sp³-hybridized carbons (Fsp3) is 0.467. The van der Waals surface area contributed by atoms with E-state index >= 15 is 0 Å². The molecule has 1 saturated heterocycles. The molecule has 0 unspecified atom stereocenters. The van der Waals surface area contributed by atoms with Crippen molar-refractivity contribution in [2.45, 2.75) is 25.7 Å². The molecule has 2 heterocycles. The quantitative estimate of drug-likeness (QED) is 0.831. The first-order valence-corrected chi connectivity index (χ1v) is 7.02. The monoisotopic (exact) mass is 262 g/mol. The lowest BCUT2D eigenvalue weighted by atomic mass is 9.92. The van der Waals surface area contributed by atoms with Gasteiger partial charge in [-0.15, -0.1) is 0 Å². The molecule has 1 aromatic carbocycles. The zero-order valence-corrected chi connectivity index (χ0v) is 11.7. The first-order chi connectivity index (χ1) is 8.70. The Labute approximate surface area is 113 Å². The Morgan fingerprint density at radius 3 is 2.67 bits per heavy atom. The van der Waals surface area contributed by atoms with Crippen LogP contribution in [0.25, 0.3) is 10.9 Å². The maximum atomic E-state index is 6.35. The van der Waals surface area contributed by atoms with E-state index in [4.69, 9.17) is 11.6 Å². The summed E-state index contributed by atoms with van der Waals surface area (Å²) in [6, 6.07) is 6.21. The van der Waals surface area contributed by atoms with Crippen LogP contribution < -0.4 is 5.32 Å². The second-order valence-corrected chi connectivity index (χ2v) is 5.64. The summed E-state index contributed by atoms with van der Waals surface area (Å²) >= 11 is 6.35. The second-order valence-electron chi connectivity index (χ2n) is 5.23. The van der Waals surface area contributed by atoms with Crippen LogP contribution in [-0.4, -0.2) is 17.7 Å². The van der Waals surface area contributed by atoms with Crippen LogP contribution in [0.15, 0.2) is 18.2 Å². The van der Waals surface area contributed by atoms with E-state index in [0.717, 1.165) is 18.1 Å². The van der Waals surface area contributed by atoms with Gasteiger partial charge in [-0.05, 0) is 44.5 Å². The van der Waals surface area contributed by atoms with Gasteiger partial charge in [-0.3, -0.25) is 0 Å². The van der Waals surface area contributed by atoms with Gasteiger partial charge in [0.25, 0.3) is 0 Å². The van der Waals surface area contributed by atoms with Gasteiger partial charge >= 0.3 is 0 Å². The summed E-state index contributed by atoms with van der Waals surface area (Å²) in [5.41, 5.74) is 4.06. The number of piperidine rings is 1. The van der Waals surface area contributed by atoms with E-state index in [-0.39, 0.29) is 0 Å². The van der Waals surface area contributed by atoms with Crippen molar-refractivity contribution in [3.8, 4) is 0 Å². The number of hydrogen-bond acceptors (Lipinski definition) is 1. The van der Waals surface area contributed by atoms with Crippen LogP contribution in [0, 0.1) is 6.92 Å². The van der Waals surface area contributed by atoms with E-state index in [9.17, 15) is 0 Å². The largest absolute Gasteiger partial charge is 0.346 e. The van der Waals surface area contributed by atoms with Gasteiger partial charge in [0.15, 0.2) is 0 Å². The van der Waals surface area contributed by atoms with Crippen LogP contribution in [0.3, 0.4) is 0 Å². The van der Waals surface area contributed by atoms with Crippen LogP contribution in [-0.2, 0) is 7.05 Å². The predicted octanol–water partition coefficient (Wildman–Crippen LogP) is 3.61. The highest BCUT2D eigenvalue weighted by atomic mass is 35.5. The first kappa shape index (κ1) is 12.1. The Balaban J connectivity index is 2.20. The first-order valence-electron chi connectivity index (χ1n) is 6.64. The van der Waals surface area contributed by atoms with Crippen LogP contribution >= 0.6 is 11.6 Å². The number of aromatic nitrogens is 1. The van der Waals surface area contributed by atoms with Crippen LogP contribution in [0.4, 0.5) is 0 Å². The van der Waals surface area contributed by atoms with Crippen molar-refractivity contribution in [3.63, 3.8) is 0 Å². The van der Waals surface area contributed by atoms with Gasteiger partial charge < -0.3 is 9.88 Å². The molecular formula is C15H19ClN2. The van der Waals surface area contributed by atoms with Gasteiger partial charge in [-0.1, -0.05) is 23.7 Å². The number of halogens is 1. The molecule has 0 amide bonds. The lowest BCUT2D eigenvalue weighted by molar-refractivity contribution is 0.445. The zero-order chi connectivity index (χ0) is 12.7. The average molecular weight is 263 g/mol. The van der Waals surface area contributed by atoms with Crippen molar-refractivity contribution >= 4 is 22.5 Å². The summed E-state index contributed by atoms with van der Waals surface area (Å²) in [5.74, 6) is 0.666. The Hall–Kier alpha value is -0.990. The summed E-state index contributed by atoms with van der Waals surface area (Å²) in [6.45, 7) is 4.48. The molecule has 0 aliphatic carbocycles. The molecule has 2 nitrogen and oxygen atoms in total. The molecule has 0 spiro atoms. The highest BCUT2D eigenvalue weighted by molar-refractivity contribution is 6.35. The molecule has 0 atom stereocenters. The topological polar surface area (TPSA) is 17.0 Å². The van der Waals surface area contributed by atoms with Crippen molar-refractivity contribution in [2.75, 3.05) is 13.1 Å². The maximum Gasteiger partial charge on any atom is 0.0672 e. The molecule has 1 aliphatic heterocycles. The molecule has 1 fully saturated rings. The fourth-order valence-electron chi connectivity index (χ4n) is 3.34. The van der Waals surface area contributed by atoms with E-state index in [1.54, 1.807) is 0 Å². The maximum absolute atomic E-state index is 6.35. The molecule has 96 valence electrons. The van der Waals surface area contributed by atoms with Crippen molar-refractivity contribution < 1.29 is 0 Å². The van der Waals surface area contributed by atoms with Gasteiger partial charge in [-0.2, -0.15) is 0 Å². The third-order valence-electron chi connectivity index (χ3n) is 4.20. The van der Waals surface area contributed by atoms with Gasteiger partial charge in [0.05, 0.1) is 10.5 Å². The minimum Gasteiger partial charge on any atom is -0.346 e. The van der Waals surface area contributed by atoms with E-state index in [1.807, 2.05) is 12.1 Å². The second kappa shape index (κ2) is 4.60. The number of para-hydroxylation sites is 1. The fourth-order valence-corrected chi connectivity index (χ4v) is 3.65. The van der Waals surface area contributed by atoms with Gasteiger partial charge in [-0.25, -0.2) is 0 Å². The Morgan fingerprint density at radius 2 is 2.00 bits per heavy atom. The lowest BCUT2D eigenvalue weighted by Crippen LogP contribution is -2.27. The Bertz CT molecular complexity index is 580. The smallest absolute Gasteiger partial charge is 0.0672 e. The molecule has 3 heteroatoms. The molecular weight excluding hydrogens is 244 g/mol. The summed E-state index contributed by atoms with van der Waals surface area (Å²) in [5, 5.41) is 5.60. The molecule has 0 bridgehead atoms. The third-order valence-corrected chi connectivity index (χ3v) is 4.50. The molecule has 0 saturated carbocycles. The lowest BCUT2D eigenvalue weighted by Gasteiger charge is -2.24. The van der Waals surface area contributed by atoms with Crippen LogP contribution in [0.5, 0.6) is 0 Å². The van der Waals surface area contributed by atoms with E-state index in [2.05, 4.69) is 29.9 Å². The summed E-state index contributed by atoms with van der Waals surface area (Å²) in [6.07, 6.45) is 2.45. The summed E-state index contributed by atoms with van der Waals surface area (Å²) in [4.78, 5) is 0. The SMILES string of the molecule is Cc1c(C2CCNCC2)n(C)c2c(Cl)cccc12. The number of fused-ring (bicyclic) bond motifs is 1. The number of nitrogens with zero attached hydrogens (tertiary/aromatic N) is 1. The molecule has 1 aliphatic rings. The number of rotatable bonds is 1. The summed E-state index contributed by atoms with van der Waals surface area (Å²) in [7, 11) is 2.15. The van der Waals surface area contributed by atoms with Crippen molar-refractivity contribution in [3.05, 3.63) is 34.5 Å². The normalized spacial score (nSPS) is 17.5. The molecule has 18 heavy (non-hydrogen) atoms. The molecule has 2 aromatic rings. The number of nitrogens with one attached hydrogen (secondary N) is 1. The number of aryl methyl sites for hydroxylation is 2. The molecule has 3 rings (SSSR count). The predicted molar refractivity (Wildman–Crippen MR) is 77.5 cm³/mol. The van der Waals surface area contributed by atoms with Crippen LogP contribution in [0.2, 0.25) is 5.02 Å².